The molecule has 1 aromatic carbocycles. The number of rotatable bonds is 4. The van der Waals surface area contributed by atoms with E-state index in [4.69, 9.17) is 16.3 Å². The van der Waals surface area contributed by atoms with Crippen molar-refractivity contribution in [1.29, 1.82) is 5.26 Å². The van der Waals surface area contributed by atoms with Crippen molar-refractivity contribution in [3.8, 4) is 6.07 Å². The second kappa shape index (κ2) is 6.84. The van der Waals surface area contributed by atoms with Gasteiger partial charge in [-0.15, -0.1) is 0 Å². The predicted molar refractivity (Wildman–Crippen MR) is 81.8 cm³/mol. The van der Waals surface area contributed by atoms with Crippen molar-refractivity contribution >= 4 is 23.1 Å². The number of carbonyl (C=O) groups is 1. The Morgan fingerprint density at radius 3 is 2.76 bits per heavy atom. The molecule has 0 fully saturated rings. The molecular formula is C16H17ClN2O2. The summed E-state index contributed by atoms with van der Waals surface area (Å²) in [4.78, 5) is 17.1. The number of hydrogen-bond donors (Lipinski definition) is 0. The zero-order chi connectivity index (χ0) is 15.4. The fourth-order valence-corrected chi connectivity index (χ4v) is 2.38. The van der Waals surface area contributed by atoms with E-state index >= 15 is 0 Å². The van der Waals surface area contributed by atoms with Crippen molar-refractivity contribution in [2.24, 2.45) is 10.9 Å². The summed E-state index contributed by atoms with van der Waals surface area (Å²) in [5, 5.41) is 9.96. The van der Waals surface area contributed by atoms with Crippen molar-refractivity contribution < 1.29 is 9.53 Å². The number of nitrogens with zero attached hydrogens (tertiary/aromatic N) is 2. The van der Waals surface area contributed by atoms with Crippen LogP contribution in [0.5, 0.6) is 0 Å². The van der Waals surface area contributed by atoms with E-state index in [1.807, 2.05) is 13.8 Å². The summed E-state index contributed by atoms with van der Waals surface area (Å²) in [6, 6.07) is 8.62. The molecule has 2 rings (SSSR count). The van der Waals surface area contributed by atoms with E-state index in [-0.39, 0.29) is 17.9 Å². The lowest BCUT2D eigenvalue weighted by atomic mass is 9.91. The molecule has 0 bridgehead atoms. The molecule has 4 nitrogen and oxygen atoms in total. The van der Waals surface area contributed by atoms with Gasteiger partial charge in [0.25, 0.3) is 0 Å². The molecule has 0 saturated heterocycles. The van der Waals surface area contributed by atoms with Crippen LogP contribution in [0.25, 0.3) is 0 Å². The van der Waals surface area contributed by atoms with Crippen LogP contribution in [0.1, 0.15) is 30.6 Å². The van der Waals surface area contributed by atoms with Gasteiger partial charge in [-0.05, 0) is 37.6 Å². The monoisotopic (exact) mass is 304 g/mol. The van der Waals surface area contributed by atoms with Gasteiger partial charge >= 0.3 is 0 Å². The molecule has 3 unspecified atom stereocenters. The van der Waals surface area contributed by atoms with Crippen molar-refractivity contribution in [2.45, 2.75) is 32.4 Å². The second-order valence-corrected chi connectivity index (χ2v) is 5.46. The summed E-state index contributed by atoms with van der Waals surface area (Å²) in [7, 11) is 0. The molecule has 21 heavy (non-hydrogen) atoms. The van der Waals surface area contributed by atoms with Gasteiger partial charge in [-0.3, -0.25) is 9.79 Å². The van der Waals surface area contributed by atoms with Gasteiger partial charge in [0.15, 0.2) is 5.78 Å². The van der Waals surface area contributed by atoms with Crippen LogP contribution in [0.4, 0.5) is 0 Å². The van der Waals surface area contributed by atoms with Gasteiger partial charge in [0.2, 0.25) is 0 Å². The number of nitriles is 1. The molecule has 1 aliphatic rings. The van der Waals surface area contributed by atoms with Gasteiger partial charge in [0.05, 0.1) is 30.5 Å². The Bertz CT molecular complexity index is 589. The highest BCUT2D eigenvalue weighted by Crippen LogP contribution is 2.20. The minimum absolute atomic E-state index is 0.0186. The average Bonchev–Trinajstić information content (AvgIpc) is 2.50. The predicted octanol–water partition coefficient (Wildman–Crippen LogP) is 3.30. The third kappa shape index (κ3) is 3.49. The van der Waals surface area contributed by atoms with Gasteiger partial charge in [-0.25, -0.2) is 0 Å². The second-order valence-electron chi connectivity index (χ2n) is 5.02. The van der Waals surface area contributed by atoms with E-state index in [2.05, 4.69) is 11.1 Å². The molecule has 3 atom stereocenters. The van der Waals surface area contributed by atoms with Gasteiger partial charge in [0, 0.05) is 10.6 Å². The highest BCUT2D eigenvalue weighted by atomic mass is 35.5. The lowest BCUT2D eigenvalue weighted by molar-refractivity contribution is 0.0787. The Balaban J connectivity index is 2.30. The Hall–Kier alpha value is -1.70. The van der Waals surface area contributed by atoms with Crippen LogP contribution in [0.2, 0.25) is 5.02 Å². The van der Waals surface area contributed by atoms with E-state index in [0.29, 0.717) is 22.9 Å². The lowest BCUT2D eigenvalue weighted by Gasteiger charge is -2.27. The summed E-state index contributed by atoms with van der Waals surface area (Å²) in [5.74, 6) is -1.17. The topological polar surface area (TPSA) is 62.4 Å². The highest BCUT2D eigenvalue weighted by Gasteiger charge is 2.32. The van der Waals surface area contributed by atoms with Crippen molar-refractivity contribution in [3.63, 3.8) is 0 Å². The fraction of sp³-hybridized carbons (Fsp3) is 0.438. The van der Waals surface area contributed by atoms with Gasteiger partial charge in [-0.1, -0.05) is 18.5 Å². The third-order valence-corrected chi connectivity index (χ3v) is 3.83. The van der Waals surface area contributed by atoms with Crippen molar-refractivity contribution in [1.82, 2.24) is 0 Å². The number of halogens is 1. The molecule has 1 aliphatic heterocycles. The minimum atomic E-state index is -0.907. The zero-order valence-corrected chi connectivity index (χ0v) is 12.8. The maximum Gasteiger partial charge on any atom is 0.185 e. The fourth-order valence-electron chi connectivity index (χ4n) is 2.25. The zero-order valence-electron chi connectivity index (χ0n) is 12.0. The first-order valence-electron chi connectivity index (χ1n) is 6.95. The Kier molecular flexibility index (Phi) is 5.11. The highest BCUT2D eigenvalue weighted by molar-refractivity contribution is 6.30. The van der Waals surface area contributed by atoms with Crippen LogP contribution in [0.15, 0.2) is 29.3 Å². The van der Waals surface area contributed by atoms with Crippen LogP contribution in [-0.4, -0.2) is 30.2 Å². The molecule has 0 aromatic heterocycles. The van der Waals surface area contributed by atoms with E-state index < -0.39 is 5.92 Å². The summed E-state index contributed by atoms with van der Waals surface area (Å²) < 4.78 is 5.63. The van der Waals surface area contributed by atoms with E-state index in [9.17, 15) is 10.1 Å². The first-order chi connectivity index (χ1) is 10.1. The van der Waals surface area contributed by atoms with E-state index in [0.717, 1.165) is 6.42 Å². The summed E-state index contributed by atoms with van der Waals surface area (Å²) in [6.07, 6.45) is 0.512. The molecule has 0 aliphatic carbocycles. The van der Waals surface area contributed by atoms with Crippen LogP contribution in [0.3, 0.4) is 0 Å². The van der Waals surface area contributed by atoms with Crippen molar-refractivity contribution in [3.05, 3.63) is 34.9 Å². The molecule has 0 saturated carbocycles. The van der Waals surface area contributed by atoms with Crippen molar-refractivity contribution in [2.75, 3.05) is 6.61 Å². The molecule has 0 N–H and O–H groups in total. The van der Waals surface area contributed by atoms with Gasteiger partial charge in [0.1, 0.15) is 5.92 Å². The number of ketones is 1. The molecule has 110 valence electrons. The first-order valence-corrected chi connectivity index (χ1v) is 7.33. The van der Waals surface area contributed by atoms with E-state index in [1.54, 1.807) is 24.3 Å². The third-order valence-electron chi connectivity index (χ3n) is 3.57. The number of Topliss-reactive ketones (excluding diaryl/α,β-unsaturated/α-hetero) is 1. The maximum absolute atomic E-state index is 12.5. The molecular weight excluding hydrogens is 288 g/mol. The maximum atomic E-state index is 12.5. The molecule has 1 aromatic rings. The Morgan fingerprint density at radius 1 is 1.52 bits per heavy atom. The lowest BCUT2D eigenvalue weighted by Crippen LogP contribution is -2.39. The van der Waals surface area contributed by atoms with E-state index in [1.165, 1.54) is 0 Å². The number of benzene rings is 1. The van der Waals surface area contributed by atoms with Gasteiger partial charge < -0.3 is 4.74 Å². The molecule has 0 amide bonds. The van der Waals surface area contributed by atoms with Crippen LogP contribution in [0, 0.1) is 17.2 Å². The largest absolute Gasteiger partial charge is 0.370 e. The average molecular weight is 305 g/mol. The Labute approximate surface area is 129 Å². The van der Waals surface area contributed by atoms with Crippen LogP contribution >= 0.6 is 11.6 Å². The minimum Gasteiger partial charge on any atom is -0.370 e. The smallest absolute Gasteiger partial charge is 0.185 e. The molecule has 1 heterocycles. The standard InChI is InChI=1S/C16H17ClN2O2/c1-3-13-9-21-10(2)15(19-13)14(8-18)16(20)11-4-6-12(17)7-5-11/h4-7,10,13-14H,3,9H2,1-2H3. The number of carbonyl (C=O) groups excluding carboxylic acids is 1. The summed E-state index contributed by atoms with van der Waals surface area (Å²) in [5.41, 5.74) is 0.982. The first kappa shape index (κ1) is 15.7. The number of ether oxygens (including phenoxy) is 1. The summed E-state index contributed by atoms with van der Waals surface area (Å²) in [6.45, 7) is 4.37. The van der Waals surface area contributed by atoms with Crippen LogP contribution < -0.4 is 0 Å². The quantitative estimate of drug-likeness (QED) is 0.802. The molecule has 0 spiro atoms. The number of aliphatic imine (C=N–C) groups is 1. The Morgan fingerprint density at radius 2 is 2.19 bits per heavy atom. The normalized spacial score (nSPS) is 23.0. The summed E-state index contributed by atoms with van der Waals surface area (Å²) >= 11 is 5.82. The van der Waals surface area contributed by atoms with Gasteiger partial charge in [-0.2, -0.15) is 5.26 Å². The van der Waals surface area contributed by atoms with Crippen LogP contribution in [-0.2, 0) is 4.74 Å². The number of hydrogen-bond acceptors (Lipinski definition) is 4. The SMILES string of the molecule is CCC1COC(C)C(C(C#N)C(=O)c2ccc(Cl)cc2)=N1. The molecule has 0 radical (unpaired) electrons. The molecule has 5 heteroatoms.